The first kappa shape index (κ1) is 11.6. The largest absolute Gasteiger partial charge is 0.759 e. The number of rotatable bonds is 0. The van der Waals surface area contributed by atoms with Crippen LogP contribution < -0.4 is 6.15 Å². The highest BCUT2D eigenvalue weighted by Crippen LogP contribution is 1.84. The molecule has 0 spiro atoms. The summed E-state index contributed by atoms with van der Waals surface area (Å²) in [4.78, 5) is 0. The van der Waals surface area contributed by atoms with E-state index in [9.17, 15) is 0 Å². The maximum absolute atomic E-state index is 8.52. The van der Waals surface area contributed by atoms with E-state index in [1.165, 1.54) is 0 Å². The summed E-state index contributed by atoms with van der Waals surface area (Å²) in [5.74, 6) is 0. The van der Waals surface area contributed by atoms with Crippen molar-refractivity contribution in [3.05, 3.63) is 0 Å². The van der Waals surface area contributed by atoms with E-state index in [0.29, 0.717) is 0 Å². The molecule has 1 rings (SSSR count). The summed E-state index contributed by atoms with van der Waals surface area (Å²) in [5, 5.41) is 0. The number of ether oxygens (including phenoxy) is 1. The molecule has 0 atom stereocenters. The van der Waals surface area contributed by atoms with Gasteiger partial charge in [0.2, 0.25) is 0 Å². The van der Waals surface area contributed by atoms with Crippen molar-refractivity contribution < 1.29 is 22.3 Å². The molecule has 0 amide bonds. The van der Waals surface area contributed by atoms with Gasteiger partial charge in [0, 0.05) is 10.4 Å². The van der Waals surface area contributed by atoms with Gasteiger partial charge >= 0.3 is 0 Å². The fourth-order valence-electron chi connectivity index (χ4n) is 0. The van der Waals surface area contributed by atoms with Crippen molar-refractivity contribution in [1.29, 1.82) is 0 Å². The fraction of sp³-hybridized carbons (Fsp3) is 1.00. The average molecular weight is 158 g/mol. The fourth-order valence-corrected chi connectivity index (χ4v) is 0. The van der Waals surface area contributed by atoms with Crippen molar-refractivity contribution in [1.82, 2.24) is 6.15 Å². The Morgan fingerprint density at radius 3 is 1.33 bits per heavy atom. The summed E-state index contributed by atoms with van der Waals surface area (Å²) in [6, 6.07) is 0. The lowest BCUT2D eigenvalue weighted by Gasteiger charge is -2.06. The van der Waals surface area contributed by atoms with Crippen molar-refractivity contribution in [3.8, 4) is 0 Å². The van der Waals surface area contributed by atoms with Crippen molar-refractivity contribution in [2.75, 3.05) is 13.2 Å². The van der Waals surface area contributed by atoms with Crippen molar-refractivity contribution in [2.45, 2.75) is 0 Å². The van der Waals surface area contributed by atoms with Crippen LogP contribution in [0.4, 0.5) is 0 Å². The second-order valence-corrected chi connectivity index (χ2v) is 1.84. The molecule has 58 valence electrons. The molecule has 1 saturated heterocycles. The van der Waals surface area contributed by atoms with Crippen LogP contribution in [-0.4, -0.2) is 30.7 Å². The molecule has 1 aliphatic heterocycles. The van der Waals surface area contributed by atoms with E-state index in [4.69, 9.17) is 17.5 Å². The van der Waals surface area contributed by atoms with E-state index in [2.05, 4.69) is 4.74 Å². The first-order valence-corrected chi connectivity index (χ1v) is 3.08. The van der Waals surface area contributed by atoms with Crippen LogP contribution in [0.5, 0.6) is 0 Å². The van der Waals surface area contributed by atoms with Gasteiger partial charge in [-0.2, -0.15) is 0 Å². The van der Waals surface area contributed by atoms with Crippen LogP contribution >= 0.6 is 0 Å². The molecular formula is C2H8NO5S-. The van der Waals surface area contributed by atoms with Gasteiger partial charge in [0.15, 0.2) is 0 Å². The lowest BCUT2D eigenvalue weighted by molar-refractivity contribution is 0.352. The highest BCUT2D eigenvalue weighted by atomic mass is 32.3. The van der Waals surface area contributed by atoms with Gasteiger partial charge in [-0.05, 0) is 0 Å². The zero-order valence-corrected chi connectivity index (χ0v) is 5.68. The van der Waals surface area contributed by atoms with Crippen molar-refractivity contribution in [3.63, 3.8) is 0 Å². The van der Waals surface area contributed by atoms with Gasteiger partial charge in [-0.15, -0.1) is 0 Å². The van der Waals surface area contributed by atoms with Crippen molar-refractivity contribution >= 4 is 10.4 Å². The van der Waals surface area contributed by atoms with Crippen LogP contribution in [0.25, 0.3) is 0 Å². The predicted molar refractivity (Wildman–Crippen MR) is 27.3 cm³/mol. The second kappa shape index (κ2) is 4.65. The Balaban J connectivity index is 0. The number of hydrogen-bond acceptors (Lipinski definition) is 5. The first-order valence-electron chi connectivity index (χ1n) is 1.74. The summed E-state index contributed by atoms with van der Waals surface area (Å²) in [5.41, 5.74) is 0. The van der Waals surface area contributed by atoms with E-state index in [0.717, 1.165) is 13.2 Å². The molecule has 1 aliphatic rings. The summed E-state index contributed by atoms with van der Waals surface area (Å²) in [6.45, 7) is 2.00. The quantitative estimate of drug-likeness (QED) is 0.276. The third kappa shape index (κ3) is 418. The van der Waals surface area contributed by atoms with Crippen LogP contribution in [0.15, 0.2) is 0 Å². The minimum absolute atomic E-state index is 0. The van der Waals surface area contributed by atoms with E-state index >= 15 is 0 Å². The minimum atomic E-state index is -5.17. The zero-order chi connectivity index (χ0) is 6.62. The van der Waals surface area contributed by atoms with Gasteiger partial charge in [-0.3, -0.25) is 8.42 Å². The van der Waals surface area contributed by atoms with E-state index in [1.54, 1.807) is 0 Å². The Kier molecular flexibility index (Phi) is 5.98. The molecule has 0 aromatic heterocycles. The third-order valence-electron chi connectivity index (χ3n) is 0.204. The molecule has 7 heteroatoms. The normalized spacial score (nSPS) is 14.4. The maximum atomic E-state index is 8.52. The van der Waals surface area contributed by atoms with E-state index in [1.807, 2.05) is 0 Å². The second-order valence-electron chi connectivity index (χ2n) is 1.02. The van der Waals surface area contributed by atoms with Gasteiger partial charge in [-0.25, -0.2) is 0 Å². The number of epoxide rings is 1. The summed E-state index contributed by atoms with van der Waals surface area (Å²) in [7, 11) is -5.17. The number of quaternary nitrogens is 1. The lowest BCUT2D eigenvalue weighted by atomic mass is 11.0. The smallest absolute Gasteiger partial charge is 0.0701 e. The zero-order valence-electron chi connectivity index (χ0n) is 4.86. The van der Waals surface area contributed by atoms with E-state index < -0.39 is 10.4 Å². The molecule has 0 unspecified atom stereocenters. The highest BCUT2D eigenvalue weighted by molar-refractivity contribution is 7.79. The molecular weight excluding hydrogens is 150 g/mol. The molecule has 0 aromatic carbocycles. The summed E-state index contributed by atoms with van der Waals surface area (Å²) in [6.07, 6.45) is 0. The minimum Gasteiger partial charge on any atom is -0.759 e. The molecule has 0 saturated carbocycles. The molecule has 9 heavy (non-hydrogen) atoms. The molecule has 0 aliphatic carbocycles. The van der Waals surface area contributed by atoms with Gasteiger partial charge in [0.1, 0.15) is 0 Å². The van der Waals surface area contributed by atoms with Crippen LogP contribution in [0.3, 0.4) is 0 Å². The van der Waals surface area contributed by atoms with Crippen LogP contribution in [-0.2, 0) is 15.1 Å². The van der Waals surface area contributed by atoms with Crippen LogP contribution in [0.2, 0.25) is 0 Å². The molecule has 0 bridgehead atoms. The standard InChI is InChI=1S/C2H4O.H3N.H2O4S/c1-2-3-1;;1-5(2,3)4/h1-2H2;1H3;(H2,1,2,3,4)/p-1. The predicted octanol–water partition coefficient (Wildman–Crippen LogP) is -0.945. The molecule has 6 nitrogen and oxygen atoms in total. The van der Waals surface area contributed by atoms with E-state index in [-0.39, 0.29) is 6.15 Å². The molecule has 1 fully saturated rings. The van der Waals surface area contributed by atoms with Crippen LogP contribution in [0, 0.1) is 0 Å². The maximum Gasteiger partial charge on any atom is 0.0701 e. The Hall–Kier alpha value is -0.210. The SMILES string of the molecule is C1CO1.O=S(=O)([O-])[O-].[NH4+]. The molecule has 0 aromatic rings. The Morgan fingerprint density at radius 2 is 1.33 bits per heavy atom. The lowest BCUT2D eigenvalue weighted by Crippen LogP contribution is -1.91. The summed E-state index contributed by atoms with van der Waals surface area (Å²) < 4.78 is 38.6. The monoisotopic (exact) mass is 158 g/mol. The van der Waals surface area contributed by atoms with Gasteiger partial charge in [0.25, 0.3) is 0 Å². The van der Waals surface area contributed by atoms with Crippen LogP contribution in [0.1, 0.15) is 0 Å². The van der Waals surface area contributed by atoms with Gasteiger partial charge in [0.05, 0.1) is 13.2 Å². The Labute approximate surface area is 53.0 Å². The average Bonchev–Trinajstić information content (AvgIpc) is 1.95. The summed E-state index contributed by atoms with van der Waals surface area (Å²) >= 11 is 0. The topological polar surface area (TPSA) is 129 Å². The molecule has 1 heterocycles. The highest BCUT2D eigenvalue weighted by Gasteiger charge is 1.94. The van der Waals surface area contributed by atoms with Crippen molar-refractivity contribution in [2.24, 2.45) is 0 Å². The molecule has 4 N–H and O–H groups in total. The Morgan fingerprint density at radius 1 is 1.22 bits per heavy atom. The van der Waals surface area contributed by atoms with Gasteiger partial charge < -0.3 is 20.0 Å². The third-order valence-corrected chi connectivity index (χ3v) is 0.204. The Bertz CT molecular complexity index is 126. The number of hydrogen-bond donors (Lipinski definition) is 1. The van der Waals surface area contributed by atoms with Gasteiger partial charge in [-0.1, -0.05) is 0 Å². The molecule has 0 radical (unpaired) electrons. The first-order chi connectivity index (χ1) is 3.50.